The van der Waals surface area contributed by atoms with Gasteiger partial charge in [-0.2, -0.15) is 0 Å². The number of fused-ring (bicyclic) bond motifs is 1. The lowest BCUT2D eigenvalue weighted by atomic mass is 10.2. The minimum Gasteiger partial charge on any atom is -0.491 e. The molecule has 1 unspecified atom stereocenters. The summed E-state index contributed by atoms with van der Waals surface area (Å²) in [5.41, 5.74) is 2.06. The summed E-state index contributed by atoms with van der Waals surface area (Å²) in [6.07, 6.45) is 0. The number of halogens is 3. The molecule has 0 N–H and O–H groups in total. The van der Waals surface area contributed by atoms with E-state index in [2.05, 4.69) is 55.4 Å². The molecule has 6 heteroatoms. The lowest BCUT2D eigenvalue weighted by molar-refractivity contribution is 0.275. The lowest BCUT2D eigenvalue weighted by Gasteiger charge is -2.18. The van der Waals surface area contributed by atoms with Crippen LogP contribution in [-0.4, -0.2) is 13.2 Å². The molecule has 88 valence electrons. The van der Waals surface area contributed by atoms with Crippen molar-refractivity contribution < 1.29 is 4.74 Å². The smallest absolute Gasteiger partial charge is 0.143 e. The van der Waals surface area contributed by atoms with Gasteiger partial charge in [-0.1, -0.05) is 6.92 Å². The molecular formula is C10H11Br3N2O. The highest BCUT2D eigenvalue weighted by Crippen LogP contribution is 2.38. The van der Waals surface area contributed by atoms with Crippen LogP contribution in [0, 0.1) is 5.92 Å². The number of anilines is 2. The Hall–Kier alpha value is 0.0600. The average Bonchev–Trinajstić information content (AvgIpc) is 2.38. The highest BCUT2D eigenvalue weighted by molar-refractivity contribution is 9.25. The van der Waals surface area contributed by atoms with Gasteiger partial charge < -0.3 is 8.66 Å². The summed E-state index contributed by atoms with van der Waals surface area (Å²) in [5.74, 6) is 1.41. The van der Waals surface area contributed by atoms with E-state index in [1.165, 1.54) is 0 Å². The van der Waals surface area contributed by atoms with Gasteiger partial charge >= 0.3 is 0 Å². The Morgan fingerprint density at radius 2 is 2.19 bits per heavy atom. The summed E-state index contributed by atoms with van der Waals surface area (Å²) in [7, 11) is 0. The van der Waals surface area contributed by atoms with E-state index in [-0.39, 0.29) is 0 Å². The van der Waals surface area contributed by atoms with Crippen LogP contribution in [0.15, 0.2) is 18.2 Å². The second-order valence-corrected chi connectivity index (χ2v) is 7.07. The molecule has 1 aromatic carbocycles. The Labute approximate surface area is 121 Å². The molecule has 1 aliphatic rings. The molecule has 0 spiro atoms. The predicted octanol–water partition coefficient (Wildman–Crippen LogP) is 4.26. The van der Waals surface area contributed by atoms with Crippen molar-refractivity contribution in [3.05, 3.63) is 18.2 Å². The number of benzene rings is 1. The number of hydrogen-bond acceptors (Lipinski definition) is 3. The molecule has 0 saturated heterocycles. The topological polar surface area (TPSA) is 15.7 Å². The molecule has 0 saturated carbocycles. The first kappa shape index (κ1) is 12.5. The molecule has 2 rings (SSSR count). The van der Waals surface area contributed by atoms with E-state index < -0.39 is 0 Å². The van der Waals surface area contributed by atoms with Gasteiger partial charge in [0, 0.05) is 28.6 Å². The number of rotatable bonds is 1. The van der Waals surface area contributed by atoms with Crippen molar-refractivity contribution in [2.45, 2.75) is 6.92 Å². The summed E-state index contributed by atoms with van der Waals surface area (Å²) >= 11 is 10.2. The molecule has 1 heterocycles. The molecule has 0 bridgehead atoms. The Kier molecular flexibility index (Phi) is 4.02. The van der Waals surface area contributed by atoms with Crippen LogP contribution in [-0.2, 0) is 0 Å². The maximum Gasteiger partial charge on any atom is 0.143 e. The van der Waals surface area contributed by atoms with Crippen molar-refractivity contribution in [2.75, 3.05) is 20.0 Å². The van der Waals surface area contributed by atoms with E-state index >= 15 is 0 Å². The fraction of sp³-hybridized carbons (Fsp3) is 0.400. The highest BCUT2D eigenvalue weighted by Gasteiger charge is 2.19. The minimum absolute atomic E-state index is 0.499. The van der Waals surface area contributed by atoms with Crippen LogP contribution in [0.3, 0.4) is 0 Å². The Bertz CT molecular complexity index is 386. The van der Waals surface area contributed by atoms with E-state index in [0.717, 1.165) is 30.3 Å². The van der Waals surface area contributed by atoms with Gasteiger partial charge in [0.25, 0.3) is 0 Å². The third kappa shape index (κ3) is 2.65. The minimum atomic E-state index is 0.499. The monoisotopic (exact) mass is 412 g/mol. The average molecular weight is 415 g/mol. The van der Waals surface area contributed by atoms with E-state index in [1.54, 1.807) is 2.95 Å². The van der Waals surface area contributed by atoms with E-state index in [0.29, 0.717) is 5.92 Å². The maximum absolute atomic E-state index is 5.75. The lowest BCUT2D eigenvalue weighted by Crippen LogP contribution is -2.18. The van der Waals surface area contributed by atoms with Crippen LogP contribution in [0.1, 0.15) is 6.92 Å². The Balaban J connectivity index is 2.37. The number of ether oxygens (including phenoxy) is 1. The molecule has 1 atom stereocenters. The number of hydrogen-bond donors (Lipinski definition) is 0. The van der Waals surface area contributed by atoms with Crippen LogP contribution in [0.25, 0.3) is 0 Å². The maximum atomic E-state index is 5.75. The molecule has 1 aliphatic heterocycles. The van der Waals surface area contributed by atoms with Gasteiger partial charge in [-0.15, -0.1) is 0 Å². The van der Waals surface area contributed by atoms with Crippen molar-refractivity contribution in [3.63, 3.8) is 0 Å². The van der Waals surface area contributed by atoms with Crippen molar-refractivity contribution in [1.82, 2.24) is 0 Å². The molecule has 0 aromatic heterocycles. The molecule has 0 amide bonds. The highest BCUT2D eigenvalue weighted by atomic mass is 79.9. The Morgan fingerprint density at radius 1 is 1.44 bits per heavy atom. The predicted molar refractivity (Wildman–Crippen MR) is 77.7 cm³/mol. The van der Waals surface area contributed by atoms with Crippen LogP contribution < -0.4 is 11.6 Å². The number of nitrogens with zero attached hydrogens (tertiary/aromatic N) is 2. The third-order valence-corrected chi connectivity index (χ3v) is 3.89. The van der Waals surface area contributed by atoms with Gasteiger partial charge in [-0.05, 0) is 18.2 Å². The summed E-state index contributed by atoms with van der Waals surface area (Å²) < 4.78 is 9.51. The first-order valence-electron chi connectivity index (χ1n) is 4.90. The fourth-order valence-corrected chi connectivity index (χ4v) is 2.79. The molecule has 1 aromatic rings. The first-order valence-corrected chi connectivity index (χ1v) is 7.02. The van der Waals surface area contributed by atoms with Crippen LogP contribution in [0.2, 0.25) is 0 Å². The van der Waals surface area contributed by atoms with Gasteiger partial charge in [-0.3, -0.25) is 0 Å². The Morgan fingerprint density at radius 3 is 2.88 bits per heavy atom. The molecule has 0 radical (unpaired) electrons. The van der Waals surface area contributed by atoms with Gasteiger partial charge in [0.1, 0.15) is 5.75 Å². The van der Waals surface area contributed by atoms with Crippen molar-refractivity contribution in [2.24, 2.45) is 5.92 Å². The first-order chi connectivity index (χ1) is 7.58. The fourth-order valence-electron chi connectivity index (χ4n) is 1.58. The second-order valence-electron chi connectivity index (χ2n) is 3.85. The molecule has 3 nitrogen and oxygen atoms in total. The summed E-state index contributed by atoms with van der Waals surface area (Å²) in [4.78, 5) is 0. The van der Waals surface area contributed by atoms with Crippen LogP contribution in [0.5, 0.6) is 5.75 Å². The third-order valence-electron chi connectivity index (χ3n) is 2.39. The summed E-state index contributed by atoms with van der Waals surface area (Å²) in [5, 5.41) is 0. The zero-order valence-corrected chi connectivity index (χ0v) is 13.4. The van der Waals surface area contributed by atoms with Gasteiger partial charge in [0.2, 0.25) is 0 Å². The zero-order chi connectivity index (χ0) is 11.7. The van der Waals surface area contributed by atoms with Crippen LogP contribution >= 0.6 is 48.4 Å². The van der Waals surface area contributed by atoms with Gasteiger partial charge in [-0.25, -0.2) is 2.95 Å². The SMILES string of the molecule is CC1COc2ccc(N(Br)Br)cc2N(Br)C1. The van der Waals surface area contributed by atoms with Crippen molar-refractivity contribution >= 4 is 59.8 Å². The largest absolute Gasteiger partial charge is 0.491 e. The molecule has 0 aliphatic carbocycles. The van der Waals surface area contributed by atoms with Crippen LogP contribution in [0.4, 0.5) is 11.4 Å². The summed E-state index contributed by atoms with van der Waals surface area (Å²) in [6, 6.07) is 6.01. The second kappa shape index (κ2) is 5.14. The van der Waals surface area contributed by atoms with Gasteiger partial charge in [0.15, 0.2) is 0 Å². The zero-order valence-electron chi connectivity index (χ0n) is 8.66. The van der Waals surface area contributed by atoms with Crippen molar-refractivity contribution in [3.8, 4) is 5.75 Å². The normalized spacial score (nSPS) is 19.8. The summed E-state index contributed by atoms with van der Waals surface area (Å²) in [6.45, 7) is 3.85. The molecule has 0 fully saturated rings. The van der Waals surface area contributed by atoms with E-state index in [1.807, 2.05) is 22.1 Å². The van der Waals surface area contributed by atoms with E-state index in [9.17, 15) is 0 Å². The van der Waals surface area contributed by atoms with E-state index in [4.69, 9.17) is 4.74 Å². The molecular weight excluding hydrogens is 404 g/mol. The standard InChI is InChI=1S/C10H11Br3N2O/c1-7-5-14(11)9-4-8(15(12)13)2-3-10(9)16-6-7/h2-4,7H,5-6H2,1H3. The van der Waals surface area contributed by atoms with Crippen molar-refractivity contribution in [1.29, 1.82) is 0 Å². The van der Waals surface area contributed by atoms with Gasteiger partial charge in [0.05, 0.1) is 50.3 Å². The quantitative estimate of drug-likeness (QED) is 0.639. The molecule has 16 heavy (non-hydrogen) atoms.